The van der Waals surface area contributed by atoms with Crippen LogP contribution in [0.15, 0.2) is 36.7 Å². The van der Waals surface area contributed by atoms with Crippen LogP contribution in [0.2, 0.25) is 0 Å². The molecule has 2 rings (SSSR count). The van der Waals surface area contributed by atoms with Crippen LogP contribution in [0.25, 0.3) is 0 Å². The summed E-state index contributed by atoms with van der Waals surface area (Å²) in [4.78, 5) is 24.9. The second-order valence-electron chi connectivity index (χ2n) is 8.45. The summed E-state index contributed by atoms with van der Waals surface area (Å²) >= 11 is 5.48. The number of hydrogen-bond acceptors (Lipinski definition) is 5. The zero-order valence-corrected chi connectivity index (χ0v) is 21.4. The van der Waals surface area contributed by atoms with Gasteiger partial charge in [0.1, 0.15) is 11.5 Å². The highest BCUT2D eigenvalue weighted by Crippen LogP contribution is 2.25. The van der Waals surface area contributed by atoms with Crippen LogP contribution < -0.4 is 15.1 Å². The average molecular weight is 472 g/mol. The van der Waals surface area contributed by atoms with Gasteiger partial charge in [-0.3, -0.25) is 4.79 Å². The Morgan fingerprint density at radius 2 is 1.58 bits per heavy atom. The fourth-order valence-electron chi connectivity index (χ4n) is 3.85. The molecule has 0 fully saturated rings. The summed E-state index contributed by atoms with van der Waals surface area (Å²) < 4.78 is 0.438. The molecule has 1 aromatic heterocycles. The van der Waals surface area contributed by atoms with Crippen LogP contribution in [0.5, 0.6) is 0 Å². The zero-order valence-electron chi connectivity index (χ0n) is 20.6. The third kappa shape index (κ3) is 9.16. The van der Waals surface area contributed by atoms with Gasteiger partial charge in [-0.1, -0.05) is 64.0 Å². The van der Waals surface area contributed by atoms with E-state index in [1.165, 1.54) is 5.69 Å². The van der Waals surface area contributed by atoms with E-state index in [1.54, 1.807) is 6.33 Å². The number of rotatable bonds is 16. The molecule has 33 heavy (non-hydrogen) atoms. The topological polar surface area (TPSA) is 64.3 Å². The van der Waals surface area contributed by atoms with Gasteiger partial charge in [0.25, 0.3) is 0 Å². The molecule has 1 amide bonds. The number of carbonyl (C=O) groups excluding carboxylic acids is 1. The Morgan fingerprint density at radius 3 is 2.21 bits per heavy atom. The van der Waals surface area contributed by atoms with E-state index < -0.39 is 0 Å². The normalized spacial score (nSPS) is 10.8. The maximum Gasteiger partial charge on any atom is 0.224 e. The molecule has 0 saturated carbocycles. The molecule has 2 aromatic rings. The molecule has 0 atom stereocenters. The predicted octanol–water partition coefficient (Wildman–Crippen LogP) is 6.57. The van der Waals surface area contributed by atoms with Crippen LogP contribution in [0.4, 0.5) is 17.2 Å². The fourth-order valence-corrected chi connectivity index (χ4v) is 4.05. The first-order valence-electron chi connectivity index (χ1n) is 12.5. The summed E-state index contributed by atoms with van der Waals surface area (Å²) in [6.45, 7) is 10.4. The molecule has 2 N–H and O–H groups in total. The van der Waals surface area contributed by atoms with E-state index in [0.717, 1.165) is 76.9 Å². The maximum atomic E-state index is 12.8. The highest BCUT2D eigenvalue weighted by molar-refractivity contribution is 7.71. The number of amides is 1. The lowest BCUT2D eigenvalue weighted by Crippen LogP contribution is -2.28. The lowest BCUT2D eigenvalue weighted by atomic mass is 10.2. The number of benzene rings is 1. The molecule has 6 nitrogen and oxygen atoms in total. The van der Waals surface area contributed by atoms with Crippen LogP contribution in [0.3, 0.4) is 0 Å². The van der Waals surface area contributed by atoms with Crippen LogP contribution in [-0.4, -0.2) is 42.1 Å². The van der Waals surface area contributed by atoms with Crippen molar-refractivity contribution in [2.45, 2.75) is 72.1 Å². The lowest BCUT2D eigenvalue weighted by Gasteiger charge is -2.26. The SMILES string of the molecule is CCCCN(CCCC)c1[nH]cnc(=S)c1NC(=O)CCCCN(CCC)c1ccccc1. The Balaban J connectivity index is 1.95. The van der Waals surface area contributed by atoms with Crippen molar-refractivity contribution < 1.29 is 4.79 Å². The number of aromatic amines is 1. The molecular weight excluding hydrogens is 430 g/mol. The molecule has 0 aliphatic rings. The fraction of sp³-hybridized carbons (Fsp3) is 0.577. The van der Waals surface area contributed by atoms with Gasteiger partial charge >= 0.3 is 0 Å². The predicted molar refractivity (Wildman–Crippen MR) is 143 cm³/mol. The molecule has 0 aliphatic heterocycles. The molecule has 1 heterocycles. The van der Waals surface area contributed by atoms with Gasteiger partial charge in [0.15, 0.2) is 4.64 Å². The second-order valence-corrected chi connectivity index (χ2v) is 8.84. The average Bonchev–Trinajstić information content (AvgIpc) is 2.83. The maximum absolute atomic E-state index is 12.8. The quantitative estimate of drug-likeness (QED) is 0.214. The van der Waals surface area contributed by atoms with Crippen LogP contribution in [0, 0.1) is 4.64 Å². The van der Waals surface area contributed by atoms with Gasteiger partial charge in [0, 0.05) is 38.3 Å². The molecule has 1 aromatic carbocycles. The summed E-state index contributed by atoms with van der Waals surface area (Å²) in [7, 11) is 0. The summed E-state index contributed by atoms with van der Waals surface area (Å²) in [5.41, 5.74) is 1.89. The Labute approximate surface area is 204 Å². The summed E-state index contributed by atoms with van der Waals surface area (Å²) in [5, 5.41) is 3.06. The standard InChI is InChI=1S/C26H41N5OS/c1-4-7-18-31(19-8-5-2)25-24(26(33)28-21-27-25)29-23(32)16-12-13-20-30(17-6-3)22-14-10-9-11-15-22/h9-11,14-15,21H,4-8,12-13,16-20H2,1-3H3,(H,29,32)(H,27,28,33). The monoisotopic (exact) mass is 471 g/mol. The van der Waals surface area contributed by atoms with Gasteiger partial charge in [0.05, 0.1) is 6.33 Å². The third-order valence-electron chi connectivity index (χ3n) is 5.67. The first kappa shape index (κ1) is 26.8. The van der Waals surface area contributed by atoms with E-state index in [9.17, 15) is 4.79 Å². The summed E-state index contributed by atoms with van der Waals surface area (Å²) in [6.07, 6.45) is 9.43. The molecule has 0 spiro atoms. The first-order valence-corrected chi connectivity index (χ1v) is 12.9. The number of aromatic nitrogens is 2. The van der Waals surface area contributed by atoms with Gasteiger partial charge < -0.3 is 20.1 Å². The van der Waals surface area contributed by atoms with Gasteiger partial charge in [-0.25, -0.2) is 4.98 Å². The van der Waals surface area contributed by atoms with Gasteiger partial charge in [-0.15, -0.1) is 0 Å². The molecule has 0 saturated heterocycles. The Bertz CT molecular complexity index is 862. The van der Waals surface area contributed by atoms with Crippen LogP contribution in [0.1, 0.15) is 72.1 Å². The zero-order chi connectivity index (χ0) is 23.9. The highest BCUT2D eigenvalue weighted by Gasteiger charge is 2.16. The molecule has 0 unspecified atom stereocenters. The van der Waals surface area contributed by atoms with Gasteiger partial charge in [-0.2, -0.15) is 0 Å². The number of carbonyl (C=O) groups is 1. The number of hydrogen-bond donors (Lipinski definition) is 2. The van der Waals surface area contributed by atoms with Crippen molar-refractivity contribution in [2.24, 2.45) is 0 Å². The minimum atomic E-state index is -0.00330. The Morgan fingerprint density at radius 1 is 0.909 bits per heavy atom. The molecule has 0 aliphatic carbocycles. The van der Waals surface area contributed by atoms with Crippen molar-refractivity contribution in [3.8, 4) is 0 Å². The van der Waals surface area contributed by atoms with E-state index in [-0.39, 0.29) is 5.91 Å². The van der Waals surface area contributed by atoms with E-state index in [2.05, 4.69) is 70.1 Å². The number of para-hydroxylation sites is 1. The van der Waals surface area contributed by atoms with Crippen LogP contribution in [-0.2, 0) is 4.79 Å². The van der Waals surface area contributed by atoms with Crippen molar-refractivity contribution >= 4 is 35.3 Å². The van der Waals surface area contributed by atoms with E-state index >= 15 is 0 Å². The number of H-pyrrole nitrogens is 1. The Kier molecular flexibility index (Phi) is 12.6. The minimum absolute atomic E-state index is 0.00330. The minimum Gasteiger partial charge on any atom is -0.372 e. The lowest BCUT2D eigenvalue weighted by molar-refractivity contribution is -0.116. The van der Waals surface area contributed by atoms with E-state index in [4.69, 9.17) is 12.2 Å². The summed E-state index contributed by atoms with van der Waals surface area (Å²) in [6, 6.07) is 10.5. The number of nitrogens with zero attached hydrogens (tertiary/aromatic N) is 3. The molecule has 0 radical (unpaired) electrons. The first-order chi connectivity index (χ1) is 16.1. The number of unbranched alkanes of at least 4 members (excludes halogenated alkanes) is 3. The molecular formula is C26H41N5OS. The molecule has 7 heteroatoms. The van der Waals surface area contributed by atoms with Crippen LogP contribution >= 0.6 is 12.2 Å². The second kappa shape index (κ2) is 15.4. The summed E-state index contributed by atoms with van der Waals surface area (Å²) in [5.74, 6) is 0.875. The van der Waals surface area contributed by atoms with Gasteiger partial charge in [0.2, 0.25) is 5.91 Å². The highest BCUT2D eigenvalue weighted by atomic mass is 32.1. The van der Waals surface area contributed by atoms with Crippen molar-refractivity contribution in [1.29, 1.82) is 0 Å². The van der Waals surface area contributed by atoms with E-state index in [0.29, 0.717) is 16.7 Å². The number of anilines is 3. The van der Waals surface area contributed by atoms with Crippen molar-refractivity contribution in [3.63, 3.8) is 0 Å². The van der Waals surface area contributed by atoms with E-state index in [1.807, 2.05) is 6.07 Å². The third-order valence-corrected chi connectivity index (χ3v) is 5.98. The Hall–Kier alpha value is -2.41. The van der Waals surface area contributed by atoms with Gasteiger partial charge in [-0.05, 0) is 44.2 Å². The smallest absolute Gasteiger partial charge is 0.224 e. The molecule has 0 bridgehead atoms. The number of nitrogens with one attached hydrogen (secondary N) is 2. The van der Waals surface area contributed by atoms with Crippen molar-refractivity contribution in [3.05, 3.63) is 41.3 Å². The molecule has 182 valence electrons. The van der Waals surface area contributed by atoms with Crippen molar-refractivity contribution in [2.75, 3.05) is 41.3 Å². The van der Waals surface area contributed by atoms with Crippen molar-refractivity contribution in [1.82, 2.24) is 9.97 Å². The largest absolute Gasteiger partial charge is 0.372 e.